The second-order valence-corrected chi connectivity index (χ2v) is 5.87. The van der Waals surface area contributed by atoms with E-state index in [1.54, 1.807) is 0 Å². The third kappa shape index (κ3) is 3.52. The van der Waals surface area contributed by atoms with Crippen molar-refractivity contribution in [1.29, 1.82) is 0 Å². The van der Waals surface area contributed by atoms with Crippen LogP contribution >= 0.6 is 0 Å². The molecule has 0 radical (unpaired) electrons. The summed E-state index contributed by atoms with van der Waals surface area (Å²) in [6.45, 7) is 5.61. The lowest BCUT2D eigenvalue weighted by Gasteiger charge is -2.40. The van der Waals surface area contributed by atoms with Gasteiger partial charge in [-0.05, 0) is 24.5 Å². The number of benzene rings is 2. The van der Waals surface area contributed by atoms with Gasteiger partial charge in [-0.15, -0.1) is 0 Å². The highest BCUT2D eigenvalue weighted by atomic mass is 15.2. The van der Waals surface area contributed by atoms with Crippen LogP contribution in [-0.2, 0) is 6.42 Å². The van der Waals surface area contributed by atoms with Crippen LogP contribution in [0.25, 0.3) is 0 Å². The number of hydrogen-bond donors (Lipinski definition) is 1. The summed E-state index contributed by atoms with van der Waals surface area (Å²) in [5.74, 6) is 0. The highest BCUT2D eigenvalue weighted by Gasteiger charge is 2.27. The third-order valence-corrected chi connectivity index (χ3v) is 4.49. The Balaban J connectivity index is 1.75. The van der Waals surface area contributed by atoms with Gasteiger partial charge in [0.05, 0.1) is 0 Å². The molecule has 2 atom stereocenters. The summed E-state index contributed by atoms with van der Waals surface area (Å²) in [4.78, 5) is 2.65. The Morgan fingerprint density at radius 1 is 1.05 bits per heavy atom. The minimum absolute atomic E-state index is 0.474. The van der Waals surface area contributed by atoms with Gasteiger partial charge >= 0.3 is 0 Å². The molecule has 1 fully saturated rings. The van der Waals surface area contributed by atoms with Crippen LogP contribution in [0.5, 0.6) is 0 Å². The van der Waals surface area contributed by atoms with Crippen molar-refractivity contribution < 1.29 is 0 Å². The van der Waals surface area contributed by atoms with Gasteiger partial charge in [0.2, 0.25) is 0 Å². The van der Waals surface area contributed by atoms with Gasteiger partial charge in [-0.2, -0.15) is 0 Å². The molecule has 0 aromatic heterocycles. The van der Waals surface area contributed by atoms with Crippen molar-refractivity contribution in [2.75, 3.05) is 19.6 Å². The number of rotatable bonds is 4. The molecular formula is C19H24N2. The van der Waals surface area contributed by atoms with Crippen LogP contribution in [0.15, 0.2) is 60.7 Å². The van der Waals surface area contributed by atoms with Gasteiger partial charge in [-0.1, -0.05) is 60.7 Å². The topological polar surface area (TPSA) is 15.3 Å². The Morgan fingerprint density at radius 2 is 1.71 bits per heavy atom. The molecule has 1 N–H and O–H groups in total. The van der Waals surface area contributed by atoms with Crippen LogP contribution in [0, 0.1) is 0 Å². The zero-order valence-electron chi connectivity index (χ0n) is 12.7. The Kier molecular flexibility index (Phi) is 4.69. The SMILES string of the molecule is CC(c1ccccc1)N1CCNCC1Cc1ccccc1. The van der Waals surface area contributed by atoms with E-state index in [0.29, 0.717) is 12.1 Å². The highest BCUT2D eigenvalue weighted by molar-refractivity contribution is 5.20. The minimum atomic E-state index is 0.474. The summed E-state index contributed by atoms with van der Waals surface area (Å²) in [6, 6.07) is 22.7. The largest absolute Gasteiger partial charge is 0.314 e. The van der Waals surface area contributed by atoms with Crippen molar-refractivity contribution in [1.82, 2.24) is 10.2 Å². The molecule has 2 nitrogen and oxygen atoms in total. The van der Waals surface area contributed by atoms with Gasteiger partial charge in [0, 0.05) is 31.7 Å². The second-order valence-electron chi connectivity index (χ2n) is 5.87. The molecule has 2 heteroatoms. The van der Waals surface area contributed by atoms with E-state index in [4.69, 9.17) is 0 Å². The van der Waals surface area contributed by atoms with Gasteiger partial charge in [0.25, 0.3) is 0 Å². The summed E-state index contributed by atoms with van der Waals surface area (Å²) in [6.07, 6.45) is 1.12. The maximum absolute atomic E-state index is 3.55. The fraction of sp³-hybridized carbons (Fsp3) is 0.368. The third-order valence-electron chi connectivity index (χ3n) is 4.49. The molecule has 0 aliphatic carbocycles. The first-order valence-corrected chi connectivity index (χ1v) is 7.90. The average molecular weight is 280 g/mol. The summed E-state index contributed by atoms with van der Waals surface area (Å²) in [7, 11) is 0. The van der Waals surface area contributed by atoms with Gasteiger partial charge in [-0.25, -0.2) is 0 Å². The van der Waals surface area contributed by atoms with E-state index in [-0.39, 0.29) is 0 Å². The van der Waals surface area contributed by atoms with Crippen molar-refractivity contribution in [2.45, 2.75) is 25.4 Å². The number of nitrogens with one attached hydrogen (secondary N) is 1. The monoisotopic (exact) mass is 280 g/mol. The Hall–Kier alpha value is -1.64. The second kappa shape index (κ2) is 6.88. The lowest BCUT2D eigenvalue weighted by molar-refractivity contribution is 0.114. The number of piperazine rings is 1. The van der Waals surface area contributed by atoms with Gasteiger partial charge < -0.3 is 5.32 Å². The molecule has 21 heavy (non-hydrogen) atoms. The van der Waals surface area contributed by atoms with Crippen LogP contribution in [0.3, 0.4) is 0 Å². The molecule has 2 aromatic carbocycles. The van der Waals surface area contributed by atoms with Crippen molar-refractivity contribution in [3.63, 3.8) is 0 Å². The molecule has 110 valence electrons. The predicted octanol–water partition coefficient (Wildman–Crippen LogP) is 3.26. The van der Waals surface area contributed by atoms with Crippen molar-refractivity contribution >= 4 is 0 Å². The highest BCUT2D eigenvalue weighted by Crippen LogP contribution is 2.24. The molecule has 3 rings (SSSR count). The number of nitrogens with zero attached hydrogens (tertiary/aromatic N) is 1. The van der Waals surface area contributed by atoms with Crippen LogP contribution in [-0.4, -0.2) is 30.6 Å². The van der Waals surface area contributed by atoms with Crippen molar-refractivity contribution in [3.05, 3.63) is 71.8 Å². The summed E-state index contributed by atoms with van der Waals surface area (Å²) < 4.78 is 0. The molecule has 1 aliphatic heterocycles. The van der Waals surface area contributed by atoms with E-state index < -0.39 is 0 Å². The molecule has 0 bridgehead atoms. The zero-order valence-corrected chi connectivity index (χ0v) is 12.7. The lowest BCUT2D eigenvalue weighted by atomic mass is 9.98. The molecule has 0 spiro atoms. The van der Waals surface area contributed by atoms with Crippen LogP contribution in [0.4, 0.5) is 0 Å². The standard InChI is InChI=1S/C19H24N2/c1-16(18-10-6-3-7-11-18)21-13-12-20-15-19(21)14-17-8-4-2-5-9-17/h2-11,16,19-20H,12-15H2,1H3. The fourth-order valence-corrected chi connectivity index (χ4v) is 3.29. The molecule has 0 amide bonds. The summed E-state index contributed by atoms with van der Waals surface area (Å²) in [5.41, 5.74) is 2.84. The molecular weight excluding hydrogens is 256 g/mol. The van der Waals surface area contributed by atoms with Crippen LogP contribution in [0.1, 0.15) is 24.1 Å². The van der Waals surface area contributed by atoms with Gasteiger partial charge in [0.15, 0.2) is 0 Å². The van der Waals surface area contributed by atoms with E-state index in [1.807, 2.05) is 0 Å². The van der Waals surface area contributed by atoms with E-state index in [2.05, 4.69) is 77.8 Å². The lowest BCUT2D eigenvalue weighted by Crippen LogP contribution is -2.52. The Labute approximate surface area is 127 Å². The molecule has 2 aromatic rings. The van der Waals surface area contributed by atoms with E-state index in [1.165, 1.54) is 11.1 Å². The molecule has 2 unspecified atom stereocenters. The Morgan fingerprint density at radius 3 is 2.43 bits per heavy atom. The molecule has 1 aliphatic rings. The van der Waals surface area contributed by atoms with Gasteiger partial charge in [0.1, 0.15) is 0 Å². The minimum Gasteiger partial charge on any atom is -0.314 e. The average Bonchev–Trinajstić information content (AvgIpc) is 2.56. The Bertz CT molecular complexity index is 538. The first-order valence-electron chi connectivity index (χ1n) is 7.90. The number of hydrogen-bond acceptors (Lipinski definition) is 2. The normalized spacial score (nSPS) is 21.1. The van der Waals surface area contributed by atoms with Gasteiger partial charge in [-0.3, -0.25) is 4.90 Å². The smallest absolute Gasteiger partial charge is 0.0324 e. The first kappa shape index (κ1) is 14.3. The van der Waals surface area contributed by atoms with E-state index in [0.717, 1.165) is 26.1 Å². The first-order chi connectivity index (χ1) is 10.3. The maximum atomic E-state index is 3.55. The molecule has 0 saturated carbocycles. The van der Waals surface area contributed by atoms with E-state index in [9.17, 15) is 0 Å². The van der Waals surface area contributed by atoms with Crippen molar-refractivity contribution in [3.8, 4) is 0 Å². The zero-order chi connectivity index (χ0) is 14.5. The van der Waals surface area contributed by atoms with Crippen LogP contribution < -0.4 is 5.32 Å². The predicted molar refractivity (Wildman–Crippen MR) is 88.4 cm³/mol. The molecule has 1 saturated heterocycles. The summed E-state index contributed by atoms with van der Waals surface area (Å²) >= 11 is 0. The van der Waals surface area contributed by atoms with Crippen molar-refractivity contribution in [2.24, 2.45) is 0 Å². The maximum Gasteiger partial charge on any atom is 0.0324 e. The fourth-order valence-electron chi connectivity index (χ4n) is 3.29. The molecule has 1 heterocycles. The van der Waals surface area contributed by atoms with Crippen LogP contribution in [0.2, 0.25) is 0 Å². The summed E-state index contributed by atoms with van der Waals surface area (Å²) in [5, 5.41) is 3.55. The van der Waals surface area contributed by atoms with E-state index >= 15 is 0 Å². The quantitative estimate of drug-likeness (QED) is 0.924.